The van der Waals surface area contributed by atoms with Crippen LogP contribution in [-0.4, -0.2) is 23.6 Å². The minimum absolute atomic E-state index is 0.0808. The third-order valence-corrected chi connectivity index (χ3v) is 2.50. The minimum atomic E-state index is -0.102. The van der Waals surface area contributed by atoms with E-state index in [-0.39, 0.29) is 18.6 Å². The van der Waals surface area contributed by atoms with E-state index < -0.39 is 0 Å². The first-order valence-electron chi connectivity index (χ1n) is 4.87. The van der Waals surface area contributed by atoms with Crippen LogP contribution in [0.2, 0.25) is 0 Å². The maximum Gasteiger partial charge on any atom is 0.246 e. The van der Waals surface area contributed by atoms with Crippen molar-refractivity contribution in [3.8, 4) is 0 Å². The molecule has 1 amide bonds. The number of aromatic nitrogens is 1. The molecule has 0 aliphatic carbocycles. The zero-order valence-corrected chi connectivity index (χ0v) is 10.1. The van der Waals surface area contributed by atoms with Gasteiger partial charge in [0.1, 0.15) is 6.61 Å². The number of hydrogen-bond donors (Lipinski definition) is 1. The van der Waals surface area contributed by atoms with E-state index in [1.807, 2.05) is 26.2 Å². The molecule has 0 aliphatic rings. The number of aryl methyl sites for hydroxylation is 1. The Morgan fingerprint density at radius 2 is 2.40 bits per heavy atom. The Morgan fingerprint density at radius 3 is 2.93 bits per heavy atom. The van der Waals surface area contributed by atoms with Gasteiger partial charge in [-0.15, -0.1) is 11.3 Å². The number of ether oxygens (including phenoxy) is 1. The van der Waals surface area contributed by atoms with Crippen LogP contribution in [-0.2, 0) is 16.1 Å². The molecule has 0 saturated heterocycles. The number of hydrogen-bond acceptors (Lipinski definition) is 4. The molecular formula is C10H16N2O2S. The molecule has 0 atom stereocenters. The van der Waals surface area contributed by atoms with Crippen LogP contribution in [0.15, 0.2) is 5.38 Å². The molecule has 0 aromatic carbocycles. The molecule has 0 radical (unpaired) electrons. The monoisotopic (exact) mass is 228 g/mol. The maximum atomic E-state index is 11.3. The molecule has 1 aromatic heterocycles. The first kappa shape index (κ1) is 12.1. The summed E-state index contributed by atoms with van der Waals surface area (Å²) >= 11 is 1.58. The predicted octanol–water partition coefficient (Wildman–Crippen LogP) is 1.49. The molecule has 4 nitrogen and oxygen atoms in total. The van der Waals surface area contributed by atoms with E-state index >= 15 is 0 Å². The summed E-state index contributed by atoms with van der Waals surface area (Å²) in [5, 5.41) is 5.70. The standard InChI is InChI=1S/C10H16N2O2S/c1-7(2)14-5-10(13)11-4-9-6-15-8(3)12-9/h6-7H,4-5H2,1-3H3,(H,11,13). The number of amides is 1. The van der Waals surface area contributed by atoms with E-state index in [1.165, 1.54) is 0 Å². The zero-order chi connectivity index (χ0) is 11.3. The first-order valence-corrected chi connectivity index (χ1v) is 5.75. The van der Waals surface area contributed by atoms with Gasteiger partial charge in [-0.2, -0.15) is 0 Å². The smallest absolute Gasteiger partial charge is 0.246 e. The summed E-state index contributed by atoms with van der Waals surface area (Å²) in [6.45, 7) is 6.33. The van der Waals surface area contributed by atoms with E-state index in [9.17, 15) is 4.79 Å². The van der Waals surface area contributed by atoms with Crippen LogP contribution in [0, 0.1) is 6.92 Å². The highest BCUT2D eigenvalue weighted by molar-refractivity contribution is 7.09. The Morgan fingerprint density at radius 1 is 1.67 bits per heavy atom. The lowest BCUT2D eigenvalue weighted by atomic mass is 10.4. The van der Waals surface area contributed by atoms with Gasteiger partial charge < -0.3 is 10.1 Å². The molecule has 5 heteroatoms. The van der Waals surface area contributed by atoms with Crippen molar-refractivity contribution in [1.82, 2.24) is 10.3 Å². The Hall–Kier alpha value is -0.940. The van der Waals surface area contributed by atoms with Gasteiger partial charge in [-0.3, -0.25) is 4.79 Å². The third kappa shape index (κ3) is 4.90. The van der Waals surface area contributed by atoms with Crippen LogP contribution in [0.1, 0.15) is 24.5 Å². The fourth-order valence-electron chi connectivity index (χ4n) is 0.972. The van der Waals surface area contributed by atoms with Crippen LogP contribution in [0.25, 0.3) is 0 Å². The highest BCUT2D eigenvalue weighted by atomic mass is 32.1. The molecule has 0 bridgehead atoms. The summed E-state index contributed by atoms with van der Waals surface area (Å²) < 4.78 is 5.17. The van der Waals surface area contributed by atoms with Gasteiger partial charge in [-0.05, 0) is 20.8 Å². The van der Waals surface area contributed by atoms with Gasteiger partial charge in [-0.1, -0.05) is 0 Å². The van der Waals surface area contributed by atoms with Crippen LogP contribution in [0.5, 0.6) is 0 Å². The molecule has 1 rings (SSSR count). The summed E-state index contributed by atoms with van der Waals surface area (Å²) in [5.74, 6) is -0.102. The van der Waals surface area contributed by atoms with Crippen LogP contribution < -0.4 is 5.32 Å². The summed E-state index contributed by atoms with van der Waals surface area (Å²) in [5.41, 5.74) is 0.899. The zero-order valence-electron chi connectivity index (χ0n) is 9.24. The second-order valence-electron chi connectivity index (χ2n) is 3.49. The molecule has 15 heavy (non-hydrogen) atoms. The van der Waals surface area contributed by atoms with Gasteiger partial charge in [0.25, 0.3) is 0 Å². The van der Waals surface area contributed by atoms with Crippen LogP contribution >= 0.6 is 11.3 Å². The van der Waals surface area contributed by atoms with Crippen molar-refractivity contribution < 1.29 is 9.53 Å². The fraction of sp³-hybridized carbons (Fsp3) is 0.600. The van der Waals surface area contributed by atoms with Gasteiger partial charge >= 0.3 is 0 Å². The van der Waals surface area contributed by atoms with E-state index in [0.29, 0.717) is 6.54 Å². The van der Waals surface area contributed by atoms with E-state index in [0.717, 1.165) is 10.7 Å². The number of rotatable bonds is 5. The van der Waals surface area contributed by atoms with Crippen molar-refractivity contribution >= 4 is 17.2 Å². The number of carbonyl (C=O) groups is 1. The summed E-state index contributed by atoms with van der Waals surface area (Å²) in [7, 11) is 0. The molecule has 84 valence electrons. The summed E-state index contributed by atoms with van der Waals surface area (Å²) in [4.78, 5) is 15.5. The molecule has 1 heterocycles. The lowest BCUT2D eigenvalue weighted by molar-refractivity contribution is -0.127. The average Bonchev–Trinajstić information content (AvgIpc) is 2.58. The largest absolute Gasteiger partial charge is 0.369 e. The lowest BCUT2D eigenvalue weighted by Gasteiger charge is -2.07. The van der Waals surface area contributed by atoms with Crippen molar-refractivity contribution in [2.45, 2.75) is 33.4 Å². The topological polar surface area (TPSA) is 51.2 Å². The van der Waals surface area contributed by atoms with E-state index in [4.69, 9.17) is 4.74 Å². The number of carbonyl (C=O) groups excluding carboxylic acids is 1. The molecule has 0 saturated carbocycles. The second kappa shape index (κ2) is 5.82. The molecule has 1 N–H and O–H groups in total. The Kier molecular flexibility index (Phi) is 4.71. The van der Waals surface area contributed by atoms with Crippen molar-refractivity contribution in [2.75, 3.05) is 6.61 Å². The van der Waals surface area contributed by atoms with Crippen molar-refractivity contribution in [2.24, 2.45) is 0 Å². The van der Waals surface area contributed by atoms with Gasteiger partial charge in [0.2, 0.25) is 5.91 Å². The average molecular weight is 228 g/mol. The Balaban J connectivity index is 2.22. The van der Waals surface area contributed by atoms with Crippen LogP contribution in [0.4, 0.5) is 0 Å². The Labute approximate surface area is 93.7 Å². The van der Waals surface area contributed by atoms with Crippen LogP contribution in [0.3, 0.4) is 0 Å². The highest BCUT2D eigenvalue weighted by Gasteiger charge is 2.04. The molecule has 0 unspecified atom stereocenters. The van der Waals surface area contributed by atoms with Crippen molar-refractivity contribution in [3.63, 3.8) is 0 Å². The SMILES string of the molecule is Cc1nc(CNC(=O)COC(C)C)cs1. The maximum absolute atomic E-state index is 11.3. The van der Waals surface area contributed by atoms with Gasteiger partial charge in [0.15, 0.2) is 0 Å². The first-order chi connectivity index (χ1) is 7.08. The molecule has 0 spiro atoms. The van der Waals surface area contributed by atoms with Gasteiger partial charge in [0.05, 0.1) is 23.4 Å². The highest BCUT2D eigenvalue weighted by Crippen LogP contribution is 2.06. The van der Waals surface area contributed by atoms with Crippen molar-refractivity contribution in [3.05, 3.63) is 16.1 Å². The van der Waals surface area contributed by atoms with E-state index in [2.05, 4.69) is 10.3 Å². The van der Waals surface area contributed by atoms with Crippen molar-refractivity contribution in [1.29, 1.82) is 0 Å². The molecule has 0 fully saturated rings. The third-order valence-electron chi connectivity index (χ3n) is 1.68. The Bertz CT molecular complexity index is 323. The molecular weight excluding hydrogens is 212 g/mol. The van der Waals surface area contributed by atoms with E-state index in [1.54, 1.807) is 11.3 Å². The fourth-order valence-corrected chi connectivity index (χ4v) is 1.58. The number of thiazole rings is 1. The number of nitrogens with one attached hydrogen (secondary N) is 1. The number of nitrogens with zero attached hydrogens (tertiary/aromatic N) is 1. The van der Waals surface area contributed by atoms with Gasteiger partial charge in [0, 0.05) is 5.38 Å². The molecule has 0 aliphatic heterocycles. The molecule has 1 aromatic rings. The predicted molar refractivity (Wildman–Crippen MR) is 59.8 cm³/mol. The summed E-state index contributed by atoms with van der Waals surface area (Å²) in [6.07, 6.45) is 0.0808. The van der Waals surface area contributed by atoms with Gasteiger partial charge in [-0.25, -0.2) is 4.98 Å². The summed E-state index contributed by atoms with van der Waals surface area (Å²) in [6, 6.07) is 0. The second-order valence-corrected chi connectivity index (χ2v) is 4.56. The minimum Gasteiger partial charge on any atom is -0.369 e. The quantitative estimate of drug-likeness (QED) is 0.830. The normalized spacial score (nSPS) is 10.7. The lowest BCUT2D eigenvalue weighted by Crippen LogP contribution is -2.28.